The molecule has 0 aliphatic rings. The Kier molecular flexibility index (Phi) is 4.85. The smallest absolute Gasteiger partial charge is 0.321 e. The topological polar surface area (TPSA) is 83.7 Å². The number of hydrogen-bond acceptors (Lipinski definition) is 7. The lowest BCUT2D eigenvalue weighted by Crippen LogP contribution is -2.08. The zero-order chi connectivity index (χ0) is 14.4. The van der Waals surface area contributed by atoms with E-state index in [0.717, 1.165) is 17.8 Å². The Bertz CT molecular complexity index is 619. The second-order valence-electron chi connectivity index (χ2n) is 3.90. The lowest BCUT2D eigenvalue weighted by atomic mass is 10.4. The Labute approximate surface area is 121 Å². The molecule has 0 unspecified atom stereocenters. The highest BCUT2D eigenvalue weighted by Crippen LogP contribution is 2.26. The summed E-state index contributed by atoms with van der Waals surface area (Å²) >= 11 is 1.35. The lowest BCUT2D eigenvalue weighted by molar-refractivity contribution is 0.312. The van der Waals surface area contributed by atoms with Gasteiger partial charge in [0.15, 0.2) is 5.82 Å². The normalized spacial score (nSPS) is 10.1. The summed E-state index contributed by atoms with van der Waals surface area (Å²) in [5.41, 5.74) is 0. The van der Waals surface area contributed by atoms with E-state index in [1.807, 2.05) is 13.0 Å². The Morgan fingerprint density at radius 2 is 2.15 bits per heavy atom. The van der Waals surface area contributed by atoms with Crippen LogP contribution in [0, 0.1) is 11.3 Å². The standard InChI is InChI=1S/C13H15N5OS/c1-3-7-15-12-16-11(17-13(18-12)19-4-2)10-6-5-9(8-14)20-10/h5-6H,3-4,7H2,1-2H3,(H,15,16,17,18). The second-order valence-corrected chi connectivity index (χ2v) is 4.98. The molecule has 104 valence electrons. The predicted octanol–water partition coefficient (Wildman–Crippen LogP) is 2.69. The van der Waals surface area contributed by atoms with E-state index in [1.165, 1.54) is 11.3 Å². The van der Waals surface area contributed by atoms with Crippen LogP contribution in [0.1, 0.15) is 25.1 Å². The SMILES string of the molecule is CCCNc1nc(OCC)nc(-c2ccc(C#N)s2)n1. The highest BCUT2D eigenvalue weighted by molar-refractivity contribution is 7.15. The molecule has 0 fully saturated rings. The number of nitrogens with one attached hydrogen (secondary N) is 1. The zero-order valence-corrected chi connectivity index (χ0v) is 12.2. The van der Waals surface area contributed by atoms with Gasteiger partial charge in [-0.05, 0) is 25.5 Å². The van der Waals surface area contributed by atoms with Crippen LogP contribution in [0.3, 0.4) is 0 Å². The monoisotopic (exact) mass is 289 g/mol. The van der Waals surface area contributed by atoms with Crippen LogP contribution < -0.4 is 10.1 Å². The maximum Gasteiger partial charge on any atom is 0.321 e. The van der Waals surface area contributed by atoms with Gasteiger partial charge in [-0.3, -0.25) is 0 Å². The average Bonchev–Trinajstić information content (AvgIpc) is 2.94. The highest BCUT2D eigenvalue weighted by Gasteiger charge is 2.11. The summed E-state index contributed by atoms with van der Waals surface area (Å²) in [7, 11) is 0. The maximum atomic E-state index is 8.88. The maximum absolute atomic E-state index is 8.88. The molecule has 6 nitrogen and oxygen atoms in total. The van der Waals surface area contributed by atoms with E-state index in [1.54, 1.807) is 6.07 Å². The fourth-order valence-electron chi connectivity index (χ4n) is 1.49. The van der Waals surface area contributed by atoms with Crippen molar-refractivity contribution in [1.29, 1.82) is 5.26 Å². The molecule has 2 aromatic rings. The third-order valence-corrected chi connectivity index (χ3v) is 3.34. The molecule has 0 saturated carbocycles. The number of hydrogen-bond donors (Lipinski definition) is 1. The van der Waals surface area contributed by atoms with Gasteiger partial charge in [-0.1, -0.05) is 6.92 Å². The van der Waals surface area contributed by atoms with Gasteiger partial charge in [-0.2, -0.15) is 20.2 Å². The highest BCUT2D eigenvalue weighted by atomic mass is 32.1. The molecule has 0 saturated heterocycles. The first-order valence-corrected chi connectivity index (χ1v) is 7.21. The lowest BCUT2D eigenvalue weighted by Gasteiger charge is -2.07. The molecule has 20 heavy (non-hydrogen) atoms. The summed E-state index contributed by atoms with van der Waals surface area (Å²) in [6, 6.07) is 5.99. The van der Waals surface area contributed by atoms with Gasteiger partial charge in [0.25, 0.3) is 0 Å². The van der Waals surface area contributed by atoms with E-state index in [-0.39, 0.29) is 0 Å². The number of anilines is 1. The van der Waals surface area contributed by atoms with Gasteiger partial charge < -0.3 is 10.1 Å². The number of rotatable bonds is 6. The minimum absolute atomic E-state index is 0.294. The first-order valence-electron chi connectivity index (χ1n) is 6.39. The molecule has 2 heterocycles. The van der Waals surface area contributed by atoms with Crippen LogP contribution in [0.25, 0.3) is 10.7 Å². The summed E-state index contributed by atoms with van der Waals surface area (Å²) in [5.74, 6) is 1.01. The summed E-state index contributed by atoms with van der Waals surface area (Å²) in [6.45, 7) is 5.21. The minimum Gasteiger partial charge on any atom is -0.464 e. The van der Waals surface area contributed by atoms with Crippen LogP contribution in [0.2, 0.25) is 0 Å². The molecular formula is C13H15N5OS. The van der Waals surface area contributed by atoms with Gasteiger partial charge in [0, 0.05) is 6.54 Å². The number of thiophene rings is 1. The Morgan fingerprint density at radius 3 is 2.80 bits per heavy atom. The fraction of sp³-hybridized carbons (Fsp3) is 0.385. The number of ether oxygens (including phenoxy) is 1. The van der Waals surface area contributed by atoms with Crippen LogP contribution in [0.4, 0.5) is 5.95 Å². The van der Waals surface area contributed by atoms with Crippen molar-refractivity contribution in [2.75, 3.05) is 18.5 Å². The molecule has 1 N–H and O–H groups in total. The van der Waals surface area contributed by atoms with Crippen molar-refractivity contribution in [3.63, 3.8) is 0 Å². The van der Waals surface area contributed by atoms with Crippen LogP contribution in [0.15, 0.2) is 12.1 Å². The van der Waals surface area contributed by atoms with E-state index in [9.17, 15) is 0 Å². The Morgan fingerprint density at radius 1 is 1.30 bits per heavy atom. The molecule has 0 aliphatic heterocycles. The van der Waals surface area contributed by atoms with E-state index < -0.39 is 0 Å². The molecule has 0 aliphatic carbocycles. The Balaban J connectivity index is 2.35. The van der Waals surface area contributed by atoms with Crippen molar-refractivity contribution in [1.82, 2.24) is 15.0 Å². The summed E-state index contributed by atoms with van der Waals surface area (Å²) in [4.78, 5) is 14.3. The van der Waals surface area contributed by atoms with Crippen LogP contribution in [0.5, 0.6) is 6.01 Å². The molecule has 2 rings (SSSR count). The second kappa shape index (κ2) is 6.82. The largest absolute Gasteiger partial charge is 0.464 e. The molecule has 0 aromatic carbocycles. The molecule has 0 bridgehead atoms. The third-order valence-electron chi connectivity index (χ3n) is 2.36. The van der Waals surface area contributed by atoms with Crippen molar-refractivity contribution >= 4 is 17.3 Å². The summed E-state index contributed by atoms with van der Waals surface area (Å²) < 4.78 is 5.36. The van der Waals surface area contributed by atoms with Crippen molar-refractivity contribution in [2.24, 2.45) is 0 Å². The van der Waals surface area contributed by atoms with Gasteiger partial charge in [0.05, 0.1) is 11.5 Å². The average molecular weight is 289 g/mol. The quantitative estimate of drug-likeness (QED) is 0.880. The van der Waals surface area contributed by atoms with Gasteiger partial charge in [-0.15, -0.1) is 11.3 Å². The molecule has 0 spiro atoms. The van der Waals surface area contributed by atoms with Gasteiger partial charge in [0.1, 0.15) is 10.9 Å². The molecule has 0 atom stereocenters. The van der Waals surface area contributed by atoms with Gasteiger partial charge in [0.2, 0.25) is 5.95 Å². The number of nitrogens with zero attached hydrogens (tertiary/aromatic N) is 4. The minimum atomic E-state index is 0.294. The van der Waals surface area contributed by atoms with Gasteiger partial charge in [-0.25, -0.2) is 0 Å². The fourth-order valence-corrected chi connectivity index (χ4v) is 2.23. The Hall–Kier alpha value is -2.20. The van der Waals surface area contributed by atoms with E-state index in [2.05, 4.69) is 33.3 Å². The number of aromatic nitrogens is 3. The van der Waals surface area contributed by atoms with Crippen LogP contribution in [-0.4, -0.2) is 28.1 Å². The molecule has 0 amide bonds. The van der Waals surface area contributed by atoms with E-state index >= 15 is 0 Å². The third kappa shape index (κ3) is 3.42. The van der Waals surface area contributed by atoms with Crippen molar-refractivity contribution < 1.29 is 4.74 Å². The van der Waals surface area contributed by atoms with Crippen LogP contribution >= 0.6 is 11.3 Å². The zero-order valence-electron chi connectivity index (χ0n) is 11.4. The summed E-state index contributed by atoms with van der Waals surface area (Å²) in [5, 5.41) is 12.0. The van der Waals surface area contributed by atoms with Crippen molar-refractivity contribution in [3.05, 3.63) is 17.0 Å². The first kappa shape index (κ1) is 14.2. The molecule has 7 heteroatoms. The molecular weight excluding hydrogens is 274 g/mol. The van der Waals surface area contributed by atoms with Gasteiger partial charge >= 0.3 is 6.01 Å². The van der Waals surface area contributed by atoms with E-state index in [4.69, 9.17) is 10.00 Å². The molecule has 2 aromatic heterocycles. The molecule has 0 radical (unpaired) electrons. The first-order chi connectivity index (χ1) is 9.76. The summed E-state index contributed by atoms with van der Waals surface area (Å²) in [6.07, 6.45) is 0.975. The van der Waals surface area contributed by atoms with Crippen molar-refractivity contribution in [2.45, 2.75) is 20.3 Å². The van der Waals surface area contributed by atoms with E-state index in [0.29, 0.717) is 29.3 Å². The predicted molar refractivity (Wildman–Crippen MR) is 77.8 cm³/mol. The van der Waals surface area contributed by atoms with Crippen LogP contribution in [-0.2, 0) is 0 Å². The number of nitriles is 1. The van der Waals surface area contributed by atoms with Crippen molar-refractivity contribution in [3.8, 4) is 22.8 Å².